The maximum Gasteiger partial charge on any atom is 0.387 e. The van der Waals surface area contributed by atoms with E-state index in [4.69, 9.17) is 5.26 Å². The van der Waals surface area contributed by atoms with Gasteiger partial charge in [-0.05, 0) is 18.6 Å². The van der Waals surface area contributed by atoms with Crippen molar-refractivity contribution in [2.24, 2.45) is 0 Å². The first-order valence-corrected chi connectivity index (χ1v) is 5.70. The highest BCUT2D eigenvalue weighted by Gasteiger charge is 2.25. The monoisotopic (exact) mass is 300 g/mol. The smallest absolute Gasteiger partial charge is 0.387 e. The van der Waals surface area contributed by atoms with Gasteiger partial charge in [-0.15, -0.1) is 0 Å². The van der Waals surface area contributed by atoms with E-state index in [0.717, 1.165) is 12.1 Å². The van der Waals surface area contributed by atoms with Crippen LogP contribution < -0.4 is 4.74 Å². The summed E-state index contributed by atoms with van der Waals surface area (Å²) in [5, 5.41) is 19.8. The normalized spacial score (nSPS) is 10.0. The Morgan fingerprint density at radius 3 is 2.67 bits per heavy atom. The van der Waals surface area contributed by atoms with Gasteiger partial charge < -0.3 is 9.47 Å². The Bertz CT molecular complexity index is 598. The van der Waals surface area contributed by atoms with Crippen LogP contribution in [0.2, 0.25) is 0 Å². The standard InChI is InChI=1S/C12H10F2N2O5/c1-2-20-10(17)5-7-3-8(6-15)11(21-12(13)14)9(4-7)16(18)19/h3-4,12H,2,5H2,1H3. The third-order valence-electron chi connectivity index (χ3n) is 2.31. The molecule has 0 aliphatic heterocycles. The highest BCUT2D eigenvalue weighted by atomic mass is 19.3. The first-order chi connectivity index (χ1) is 9.88. The molecule has 0 aliphatic rings. The number of halogens is 2. The number of ether oxygens (including phenoxy) is 2. The molecule has 0 radical (unpaired) electrons. The maximum atomic E-state index is 12.3. The molecule has 0 saturated heterocycles. The number of alkyl halides is 2. The molecule has 112 valence electrons. The molecule has 1 aromatic carbocycles. The Balaban J connectivity index is 3.27. The summed E-state index contributed by atoms with van der Waals surface area (Å²) in [6, 6.07) is 3.50. The van der Waals surface area contributed by atoms with Crippen molar-refractivity contribution in [3.8, 4) is 11.8 Å². The van der Waals surface area contributed by atoms with Crippen LogP contribution in [0.5, 0.6) is 5.75 Å². The summed E-state index contributed by atoms with van der Waals surface area (Å²) in [6.45, 7) is -1.61. The second kappa shape index (κ2) is 7.14. The summed E-state index contributed by atoms with van der Waals surface area (Å²) in [6.07, 6.45) is -0.321. The summed E-state index contributed by atoms with van der Waals surface area (Å²) >= 11 is 0. The van der Waals surface area contributed by atoms with Gasteiger partial charge in [0.2, 0.25) is 5.75 Å². The Kier molecular flexibility index (Phi) is 5.54. The SMILES string of the molecule is CCOC(=O)Cc1cc(C#N)c(OC(F)F)c([N+](=O)[O-])c1. The van der Waals surface area contributed by atoms with Crippen LogP contribution in [0.25, 0.3) is 0 Å². The van der Waals surface area contributed by atoms with E-state index in [-0.39, 0.29) is 18.6 Å². The van der Waals surface area contributed by atoms with Crippen LogP contribution in [0.3, 0.4) is 0 Å². The van der Waals surface area contributed by atoms with Crippen LogP contribution in [-0.4, -0.2) is 24.1 Å². The van der Waals surface area contributed by atoms with Crippen molar-refractivity contribution in [1.82, 2.24) is 0 Å². The fourth-order valence-corrected chi connectivity index (χ4v) is 1.58. The minimum atomic E-state index is -3.31. The van der Waals surface area contributed by atoms with E-state index >= 15 is 0 Å². The van der Waals surface area contributed by atoms with Crippen LogP contribution in [-0.2, 0) is 16.0 Å². The van der Waals surface area contributed by atoms with E-state index in [1.807, 2.05) is 0 Å². The molecule has 0 spiro atoms. The molecule has 0 aromatic heterocycles. The predicted octanol–water partition coefficient (Wildman–Crippen LogP) is 2.17. The third kappa shape index (κ3) is 4.38. The van der Waals surface area contributed by atoms with Crippen molar-refractivity contribution < 1.29 is 28.0 Å². The highest BCUT2D eigenvalue weighted by molar-refractivity contribution is 5.74. The summed E-state index contributed by atoms with van der Waals surface area (Å²) in [7, 11) is 0. The van der Waals surface area contributed by atoms with Crippen molar-refractivity contribution in [1.29, 1.82) is 5.26 Å². The molecule has 0 bridgehead atoms. The lowest BCUT2D eigenvalue weighted by molar-refractivity contribution is -0.386. The molecule has 0 amide bonds. The number of hydrogen-bond acceptors (Lipinski definition) is 6. The van der Waals surface area contributed by atoms with E-state index in [0.29, 0.717) is 0 Å². The number of nitriles is 1. The van der Waals surface area contributed by atoms with Crippen molar-refractivity contribution >= 4 is 11.7 Å². The largest absolute Gasteiger partial charge is 0.466 e. The highest BCUT2D eigenvalue weighted by Crippen LogP contribution is 2.33. The van der Waals surface area contributed by atoms with Gasteiger partial charge in [-0.3, -0.25) is 14.9 Å². The van der Waals surface area contributed by atoms with Crippen LogP contribution in [0, 0.1) is 21.4 Å². The summed E-state index contributed by atoms with van der Waals surface area (Å²) in [5.74, 6) is -1.48. The van der Waals surface area contributed by atoms with Gasteiger partial charge in [0.1, 0.15) is 11.6 Å². The molecule has 9 heteroatoms. The zero-order valence-corrected chi connectivity index (χ0v) is 10.8. The Hall–Kier alpha value is -2.76. The molecule has 0 saturated carbocycles. The molecule has 1 rings (SSSR count). The number of carbonyl (C=O) groups excluding carboxylic acids is 1. The topological polar surface area (TPSA) is 102 Å². The molecule has 21 heavy (non-hydrogen) atoms. The van der Waals surface area contributed by atoms with Gasteiger partial charge in [-0.25, -0.2) is 0 Å². The number of nitro groups is 1. The van der Waals surface area contributed by atoms with E-state index in [9.17, 15) is 23.7 Å². The molecule has 0 heterocycles. The third-order valence-corrected chi connectivity index (χ3v) is 2.31. The predicted molar refractivity (Wildman–Crippen MR) is 64.8 cm³/mol. The zero-order valence-electron chi connectivity index (χ0n) is 10.8. The van der Waals surface area contributed by atoms with Crippen molar-refractivity contribution in [2.75, 3.05) is 6.61 Å². The Morgan fingerprint density at radius 2 is 2.19 bits per heavy atom. The molecule has 0 atom stereocenters. The molecule has 0 aliphatic carbocycles. The van der Waals surface area contributed by atoms with Crippen LogP contribution in [0.4, 0.5) is 14.5 Å². The molecule has 1 aromatic rings. The van der Waals surface area contributed by atoms with Gasteiger partial charge in [0.15, 0.2) is 0 Å². The number of carbonyl (C=O) groups is 1. The molecule has 0 unspecified atom stereocenters. The van der Waals surface area contributed by atoms with Gasteiger partial charge in [0.25, 0.3) is 0 Å². The minimum Gasteiger partial charge on any atom is -0.466 e. The van der Waals surface area contributed by atoms with Gasteiger partial charge >= 0.3 is 18.3 Å². The second-order valence-corrected chi connectivity index (χ2v) is 3.72. The van der Waals surface area contributed by atoms with E-state index in [1.165, 1.54) is 6.07 Å². The Morgan fingerprint density at radius 1 is 1.52 bits per heavy atom. The number of esters is 1. The molecular formula is C12H10F2N2O5. The fraction of sp³-hybridized carbons (Fsp3) is 0.333. The lowest BCUT2D eigenvalue weighted by atomic mass is 10.1. The molecule has 0 fully saturated rings. The lowest BCUT2D eigenvalue weighted by Gasteiger charge is -2.09. The van der Waals surface area contributed by atoms with E-state index < -0.39 is 34.5 Å². The average molecular weight is 300 g/mol. The minimum absolute atomic E-state index is 0.0957. The van der Waals surface area contributed by atoms with Crippen molar-refractivity contribution in [3.05, 3.63) is 33.4 Å². The molecular weight excluding hydrogens is 290 g/mol. The quantitative estimate of drug-likeness (QED) is 0.453. The average Bonchev–Trinajstić information content (AvgIpc) is 2.39. The first-order valence-electron chi connectivity index (χ1n) is 5.70. The number of nitrogens with zero attached hydrogens (tertiary/aromatic N) is 2. The van der Waals surface area contributed by atoms with E-state index in [2.05, 4.69) is 9.47 Å². The van der Waals surface area contributed by atoms with Crippen molar-refractivity contribution in [2.45, 2.75) is 20.0 Å². The lowest BCUT2D eigenvalue weighted by Crippen LogP contribution is -2.10. The summed E-state index contributed by atoms with van der Waals surface area (Å²) in [5.41, 5.74) is -1.17. The van der Waals surface area contributed by atoms with Gasteiger partial charge in [-0.1, -0.05) is 0 Å². The fourth-order valence-electron chi connectivity index (χ4n) is 1.58. The number of benzene rings is 1. The van der Waals surface area contributed by atoms with Crippen LogP contribution >= 0.6 is 0 Å². The van der Waals surface area contributed by atoms with Gasteiger partial charge in [0, 0.05) is 6.07 Å². The van der Waals surface area contributed by atoms with E-state index in [1.54, 1.807) is 6.92 Å². The second-order valence-electron chi connectivity index (χ2n) is 3.72. The van der Waals surface area contributed by atoms with Gasteiger partial charge in [0.05, 0.1) is 18.0 Å². The summed E-state index contributed by atoms with van der Waals surface area (Å²) in [4.78, 5) is 21.3. The molecule has 7 nitrogen and oxygen atoms in total. The number of nitro benzene ring substituents is 1. The Labute approximate surface area is 117 Å². The van der Waals surface area contributed by atoms with Crippen LogP contribution in [0.15, 0.2) is 12.1 Å². The first kappa shape index (κ1) is 16.3. The number of hydrogen-bond donors (Lipinski definition) is 0. The zero-order chi connectivity index (χ0) is 16.0. The molecule has 0 N–H and O–H groups in total. The van der Waals surface area contributed by atoms with Crippen molar-refractivity contribution in [3.63, 3.8) is 0 Å². The van der Waals surface area contributed by atoms with Crippen LogP contribution in [0.1, 0.15) is 18.1 Å². The van der Waals surface area contributed by atoms with Gasteiger partial charge in [-0.2, -0.15) is 14.0 Å². The summed E-state index contributed by atoms with van der Waals surface area (Å²) < 4.78 is 33.2. The maximum absolute atomic E-state index is 12.3. The number of rotatable bonds is 6.